The van der Waals surface area contributed by atoms with Gasteiger partial charge in [0.2, 0.25) is 0 Å². The number of methoxy groups -OCH3 is 2. The van der Waals surface area contributed by atoms with Crippen LogP contribution < -0.4 is 15.2 Å². The van der Waals surface area contributed by atoms with E-state index in [2.05, 4.69) is 9.97 Å². The molecule has 2 unspecified atom stereocenters. The molecule has 5 nitrogen and oxygen atoms in total. The van der Waals surface area contributed by atoms with Gasteiger partial charge in [-0.1, -0.05) is 0 Å². The van der Waals surface area contributed by atoms with Gasteiger partial charge < -0.3 is 20.2 Å². The van der Waals surface area contributed by atoms with Crippen LogP contribution in [0.2, 0.25) is 0 Å². The normalized spacial score (nSPS) is 22.9. The molecule has 3 N–H and O–H groups in total. The van der Waals surface area contributed by atoms with Gasteiger partial charge in [0.05, 0.1) is 25.3 Å². The number of imidazole rings is 1. The predicted molar refractivity (Wildman–Crippen MR) is 73.8 cm³/mol. The Hall–Kier alpha value is -1.75. The number of benzene rings is 1. The molecule has 0 amide bonds. The van der Waals surface area contributed by atoms with E-state index < -0.39 is 0 Å². The minimum Gasteiger partial charge on any atom is -0.493 e. The van der Waals surface area contributed by atoms with E-state index >= 15 is 0 Å². The fourth-order valence-corrected chi connectivity index (χ4v) is 2.81. The standard InChI is InChI=1S/C14H19N3O2/c1-18-12-6-10-11(7-13(12)19-2)17-14(16-10)8-3-4-9(15)5-8/h6-9H,3-5,15H2,1-2H3,(H,16,17). The van der Waals surface area contributed by atoms with Gasteiger partial charge in [0.15, 0.2) is 11.5 Å². The maximum absolute atomic E-state index is 5.97. The van der Waals surface area contributed by atoms with Gasteiger partial charge in [0.1, 0.15) is 5.82 Å². The minimum absolute atomic E-state index is 0.308. The summed E-state index contributed by atoms with van der Waals surface area (Å²) >= 11 is 0. The maximum Gasteiger partial charge on any atom is 0.163 e. The Kier molecular flexibility index (Phi) is 3.06. The van der Waals surface area contributed by atoms with Gasteiger partial charge in [-0.2, -0.15) is 0 Å². The highest BCUT2D eigenvalue weighted by Gasteiger charge is 2.25. The van der Waals surface area contributed by atoms with Gasteiger partial charge in [-0.3, -0.25) is 0 Å². The van der Waals surface area contributed by atoms with Crippen molar-refractivity contribution in [2.45, 2.75) is 31.2 Å². The van der Waals surface area contributed by atoms with E-state index in [1.54, 1.807) is 14.2 Å². The van der Waals surface area contributed by atoms with Crippen LogP contribution in [0.25, 0.3) is 11.0 Å². The number of nitrogens with one attached hydrogen (secondary N) is 1. The number of rotatable bonds is 3. The van der Waals surface area contributed by atoms with Gasteiger partial charge in [-0.05, 0) is 19.3 Å². The van der Waals surface area contributed by atoms with Crippen molar-refractivity contribution in [3.63, 3.8) is 0 Å². The number of ether oxygens (including phenoxy) is 2. The lowest BCUT2D eigenvalue weighted by Crippen LogP contribution is -2.14. The van der Waals surface area contributed by atoms with Crippen LogP contribution in [0.15, 0.2) is 12.1 Å². The van der Waals surface area contributed by atoms with Gasteiger partial charge >= 0.3 is 0 Å². The molecular weight excluding hydrogens is 242 g/mol. The number of aromatic amines is 1. The number of aromatic nitrogens is 2. The highest BCUT2D eigenvalue weighted by atomic mass is 16.5. The number of H-pyrrole nitrogens is 1. The first-order valence-electron chi connectivity index (χ1n) is 6.58. The Morgan fingerprint density at radius 1 is 1.21 bits per heavy atom. The second-order valence-electron chi connectivity index (χ2n) is 5.12. The van der Waals surface area contributed by atoms with E-state index in [-0.39, 0.29) is 0 Å². The SMILES string of the molecule is COc1cc2nc(C3CCC(N)C3)[nH]c2cc1OC. The topological polar surface area (TPSA) is 73.2 Å². The van der Waals surface area contributed by atoms with Crippen LogP contribution in [0.5, 0.6) is 11.5 Å². The summed E-state index contributed by atoms with van der Waals surface area (Å²) < 4.78 is 10.6. The van der Waals surface area contributed by atoms with Crippen molar-refractivity contribution in [1.82, 2.24) is 9.97 Å². The number of nitrogens with zero attached hydrogens (tertiary/aromatic N) is 1. The van der Waals surface area contributed by atoms with Crippen molar-refractivity contribution in [3.8, 4) is 11.5 Å². The Balaban J connectivity index is 2.00. The molecule has 0 radical (unpaired) electrons. The van der Waals surface area contributed by atoms with Crippen LogP contribution in [-0.4, -0.2) is 30.2 Å². The average Bonchev–Trinajstić information content (AvgIpc) is 3.02. The summed E-state index contributed by atoms with van der Waals surface area (Å²) in [5.41, 5.74) is 7.86. The van der Waals surface area contributed by atoms with E-state index in [0.29, 0.717) is 23.5 Å². The van der Waals surface area contributed by atoms with Gasteiger partial charge in [0, 0.05) is 24.1 Å². The number of hydrogen-bond donors (Lipinski definition) is 2. The Bertz CT molecular complexity index is 553. The zero-order chi connectivity index (χ0) is 13.4. The third-order valence-electron chi connectivity index (χ3n) is 3.87. The molecule has 0 bridgehead atoms. The number of nitrogens with two attached hydrogens (primary N) is 1. The summed E-state index contributed by atoms with van der Waals surface area (Å²) in [5, 5.41) is 0. The molecule has 19 heavy (non-hydrogen) atoms. The van der Waals surface area contributed by atoms with Crippen molar-refractivity contribution < 1.29 is 9.47 Å². The smallest absolute Gasteiger partial charge is 0.163 e. The van der Waals surface area contributed by atoms with Gasteiger partial charge in [-0.25, -0.2) is 4.98 Å². The molecule has 5 heteroatoms. The molecular formula is C14H19N3O2. The molecule has 0 saturated heterocycles. The second-order valence-corrected chi connectivity index (χ2v) is 5.12. The molecule has 1 aliphatic carbocycles. The lowest BCUT2D eigenvalue weighted by Gasteiger charge is -2.06. The van der Waals surface area contributed by atoms with E-state index in [1.165, 1.54) is 0 Å². The van der Waals surface area contributed by atoms with Crippen molar-refractivity contribution in [2.24, 2.45) is 5.73 Å². The van der Waals surface area contributed by atoms with Gasteiger partial charge in [0.25, 0.3) is 0 Å². The number of hydrogen-bond acceptors (Lipinski definition) is 4. The maximum atomic E-state index is 5.97. The summed E-state index contributed by atoms with van der Waals surface area (Å²) in [6, 6.07) is 4.14. The quantitative estimate of drug-likeness (QED) is 0.888. The molecule has 2 aromatic rings. The summed E-state index contributed by atoms with van der Waals surface area (Å²) in [5.74, 6) is 2.89. The molecule has 0 spiro atoms. The molecule has 3 rings (SSSR count). The Morgan fingerprint density at radius 2 is 1.95 bits per heavy atom. The molecule has 102 valence electrons. The highest BCUT2D eigenvalue weighted by molar-refractivity contribution is 5.79. The summed E-state index contributed by atoms with van der Waals surface area (Å²) in [7, 11) is 3.27. The molecule has 2 atom stereocenters. The Labute approximate surface area is 112 Å². The minimum atomic E-state index is 0.308. The summed E-state index contributed by atoms with van der Waals surface area (Å²) in [6.07, 6.45) is 3.19. The van der Waals surface area contributed by atoms with Crippen molar-refractivity contribution in [2.75, 3.05) is 14.2 Å². The fourth-order valence-electron chi connectivity index (χ4n) is 2.81. The lowest BCUT2D eigenvalue weighted by atomic mass is 10.1. The molecule has 1 saturated carbocycles. The Morgan fingerprint density at radius 3 is 2.58 bits per heavy atom. The predicted octanol–water partition coefficient (Wildman–Crippen LogP) is 2.17. The molecule has 1 aromatic heterocycles. The first-order valence-corrected chi connectivity index (χ1v) is 6.58. The average molecular weight is 261 g/mol. The third kappa shape index (κ3) is 2.14. The monoisotopic (exact) mass is 261 g/mol. The fraction of sp³-hybridized carbons (Fsp3) is 0.500. The highest BCUT2D eigenvalue weighted by Crippen LogP contribution is 2.35. The van der Waals surface area contributed by atoms with Crippen LogP contribution in [0, 0.1) is 0 Å². The van der Waals surface area contributed by atoms with Crippen molar-refractivity contribution in [3.05, 3.63) is 18.0 Å². The zero-order valence-electron chi connectivity index (χ0n) is 11.3. The van der Waals surface area contributed by atoms with E-state index in [4.69, 9.17) is 15.2 Å². The van der Waals surface area contributed by atoms with E-state index in [9.17, 15) is 0 Å². The molecule has 0 aliphatic heterocycles. The van der Waals surface area contributed by atoms with Crippen LogP contribution in [0.1, 0.15) is 31.0 Å². The van der Waals surface area contributed by atoms with Gasteiger partial charge in [-0.15, -0.1) is 0 Å². The zero-order valence-corrected chi connectivity index (χ0v) is 11.3. The lowest BCUT2D eigenvalue weighted by molar-refractivity contribution is 0.356. The number of fused-ring (bicyclic) bond motifs is 1. The largest absolute Gasteiger partial charge is 0.493 e. The van der Waals surface area contributed by atoms with Crippen LogP contribution in [0.3, 0.4) is 0 Å². The van der Waals surface area contributed by atoms with E-state index in [1.807, 2.05) is 12.1 Å². The molecule has 1 aliphatic rings. The van der Waals surface area contributed by atoms with E-state index in [0.717, 1.165) is 36.1 Å². The first kappa shape index (κ1) is 12.3. The van der Waals surface area contributed by atoms with Crippen LogP contribution in [0.4, 0.5) is 0 Å². The molecule has 1 fully saturated rings. The molecule has 1 heterocycles. The van der Waals surface area contributed by atoms with Crippen molar-refractivity contribution >= 4 is 11.0 Å². The molecule has 1 aromatic carbocycles. The second kappa shape index (κ2) is 4.74. The third-order valence-corrected chi connectivity index (χ3v) is 3.87. The summed E-state index contributed by atoms with van der Waals surface area (Å²) in [4.78, 5) is 8.05. The van der Waals surface area contributed by atoms with Crippen LogP contribution in [-0.2, 0) is 0 Å². The first-order chi connectivity index (χ1) is 9.21. The summed E-state index contributed by atoms with van der Waals surface area (Å²) in [6.45, 7) is 0. The van der Waals surface area contributed by atoms with Crippen LogP contribution >= 0.6 is 0 Å². The van der Waals surface area contributed by atoms with Crippen molar-refractivity contribution in [1.29, 1.82) is 0 Å².